The highest BCUT2D eigenvalue weighted by atomic mass is 16.5. The van der Waals surface area contributed by atoms with Gasteiger partial charge in [-0.3, -0.25) is 5.10 Å². The summed E-state index contributed by atoms with van der Waals surface area (Å²) in [5, 5.41) is 6.70. The molecule has 0 amide bonds. The van der Waals surface area contributed by atoms with Crippen molar-refractivity contribution in [3.05, 3.63) is 35.2 Å². The number of carbonyl (C=O) groups excluding carboxylic acids is 1. The quantitative estimate of drug-likeness (QED) is 0.855. The van der Waals surface area contributed by atoms with Gasteiger partial charge < -0.3 is 4.74 Å². The fourth-order valence-corrected chi connectivity index (χ4v) is 2.39. The molecule has 98 valence electrons. The number of nitrogens with zero attached hydrogens (tertiary/aromatic N) is 2. The van der Waals surface area contributed by atoms with Crippen LogP contribution in [0.3, 0.4) is 0 Å². The van der Waals surface area contributed by atoms with E-state index in [1.807, 2.05) is 6.07 Å². The summed E-state index contributed by atoms with van der Waals surface area (Å²) in [6.07, 6.45) is 3.47. The topological polar surface area (TPSA) is 67.9 Å². The molecule has 1 N–H and O–H groups in total. The van der Waals surface area contributed by atoms with Crippen molar-refractivity contribution in [2.75, 3.05) is 6.61 Å². The maximum Gasteiger partial charge on any atom is 0.375 e. The van der Waals surface area contributed by atoms with Gasteiger partial charge in [0.25, 0.3) is 0 Å². The Hall–Kier alpha value is -2.17. The maximum absolute atomic E-state index is 11.5. The first kappa shape index (κ1) is 11.9. The highest BCUT2D eigenvalue weighted by Gasteiger charge is 2.16. The third-order valence-corrected chi connectivity index (χ3v) is 3.31. The van der Waals surface area contributed by atoms with Crippen molar-refractivity contribution in [2.24, 2.45) is 0 Å². The molecule has 1 aromatic carbocycles. The lowest BCUT2D eigenvalue weighted by molar-refractivity contribution is 0.0512. The van der Waals surface area contributed by atoms with Crippen LogP contribution in [0.1, 0.15) is 35.1 Å². The van der Waals surface area contributed by atoms with Gasteiger partial charge in [0.05, 0.1) is 6.61 Å². The second-order valence-corrected chi connectivity index (χ2v) is 4.57. The standard InChI is InChI=1S/C14H15N3O2/c1-2-19-14(18)13-15-12(16-17-13)11-7-6-9-4-3-5-10(9)8-11/h6-8H,2-5H2,1H3,(H,15,16,17). The molecule has 0 unspecified atom stereocenters. The zero-order valence-electron chi connectivity index (χ0n) is 10.8. The van der Waals surface area contributed by atoms with Gasteiger partial charge in [0.2, 0.25) is 5.82 Å². The van der Waals surface area contributed by atoms with Crippen molar-refractivity contribution in [2.45, 2.75) is 26.2 Å². The molecule has 1 heterocycles. The number of H-pyrrole nitrogens is 1. The Labute approximate surface area is 111 Å². The molecule has 0 saturated heterocycles. The number of carbonyl (C=O) groups is 1. The molecule has 0 bridgehead atoms. The summed E-state index contributed by atoms with van der Waals surface area (Å²) >= 11 is 0. The fourth-order valence-electron chi connectivity index (χ4n) is 2.39. The number of hydrogen-bond donors (Lipinski definition) is 1. The minimum atomic E-state index is -0.470. The van der Waals surface area contributed by atoms with E-state index in [4.69, 9.17) is 4.74 Å². The van der Waals surface area contributed by atoms with Gasteiger partial charge in [-0.1, -0.05) is 12.1 Å². The second kappa shape index (κ2) is 4.84. The average Bonchev–Trinajstić information content (AvgIpc) is 3.07. The number of esters is 1. The Morgan fingerprint density at radius 1 is 1.37 bits per heavy atom. The van der Waals surface area contributed by atoms with Crippen LogP contribution in [0.25, 0.3) is 11.4 Å². The van der Waals surface area contributed by atoms with Crippen molar-refractivity contribution in [3.63, 3.8) is 0 Å². The second-order valence-electron chi connectivity index (χ2n) is 4.57. The molecule has 3 rings (SSSR count). The van der Waals surface area contributed by atoms with Crippen molar-refractivity contribution < 1.29 is 9.53 Å². The van der Waals surface area contributed by atoms with Gasteiger partial charge in [-0.2, -0.15) is 5.10 Å². The Bertz CT molecular complexity index is 619. The van der Waals surface area contributed by atoms with Gasteiger partial charge in [0, 0.05) is 5.56 Å². The minimum Gasteiger partial charge on any atom is -0.460 e. The van der Waals surface area contributed by atoms with E-state index in [0.29, 0.717) is 12.4 Å². The van der Waals surface area contributed by atoms with Crippen LogP contribution < -0.4 is 0 Å². The van der Waals surface area contributed by atoms with Gasteiger partial charge in [0.1, 0.15) is 0 Å². The van der Waals surface area contributed by atoms with E-state index in [9.17, 15) is 4.79 Å². The van der Waals surface area contributed by atoms with Crippen LogP contribution in [0.2, 0.25) is 0 Å². The minimum absolute atomic E-state index is 0.150. The normalized spacial score (nSPS) is 13.3. The Morgan fingerprint density at radius 3 is 3.05 bits per heavy atom. The summed E-state index contributed by atoms with van der Waals surface area (Å²) in [5.74, 6) is 0.220. The number of hydrogen-bond acceptors (Lipinski definition) is 4. The first-order chi connectivity index (χ1) is 9.28. The molecule has 2 aromatic rings. The van der Waals surface area contributed by atoms with Crippen molar-refractivity contribution in [3.8, 4) is 11.4 Å². The molecule has 0 fully saturated rings. The van der Waals surface area contributed by atoms with Gasteiger partial charge in [-0.25, -0.2) is 9.78 Å². The van der Waals surface area contributed by atoms with E-state index >= 15 is 0 Å². The molecular weight excluding hydrogens is 242 g/mol. The van der Waals surface area contributed by atoms with Crippen LogP contribution in [-0.4, -0.2) is 27.8 Å². The third-order valence-electron chi connectivity index (χ3n) is 3.31. The van der Waals surface area contributed by atoms with Crippen LogP contribution in [0.5, 0.6) is 0 Å². The van der Waals surface area contributed by atoms with Crippen LogP contribution in [-0.2, 0) is 17.6 Å². The van der Waals surface area contributed by atoms with Crippen LogP contribution >= 0.6 is 0 Å². The maximum atomic E-state index is 11.5. The number of ether oxygens (including phenoxy) is 1. The Morgan fingerprint density at radius 2 is 2.21 bits per heavy atom. The summed E-state index contributed by atoms with van der Waals surface area (Å²) in [7, 11) is 0. The molecule has 19 heavy (non-hydrogen) atoms. The fraction of sp³-hybridized carbons (Fsp3) is 0.357. The van der Waals surface area contributed by atoms with Crippen molar-refractivity contribution in [1.29, 1.82) is 0 Å². The van der Waals surface area contributed by atoms with E-state index in [0.717, 1.165) is 18.4 Å². The first-order valence-electron chi connectivity index (χ1n) is 6.49. The molecule has 1 aliphatic carbocycles. The van der Waals surface area contributed by atoms with Gasteiger partial charge in [0.15, 0.2) is 5.82 Å². The average molecular weight is 257 g/mol. The number of aryl methyl sites for hydroxylation is 2. The summed E-state index contributed by atoms with van der Waals surface area (Å²) in [4.78, 5) is 15.7. The first-order valence-corrected chi connectivity index (χ1v) is 6.49. The number of aromatic nitrogens is 3. The highest BCUT2D eigenvalue weighted by Crippen LogP contribution is 2.26. The zero-order valence-corrected chi connectivity index (χ0v) is 10.8. The predicted molar refractivity (Wildman–Crippen MR) is 69.8 cm³/mol. The Kier molecular flexibility index (Phi) is 3.03. The lowest BCUT2D eigenvalue weighted by atomic mass is 10.1. The van der Waals surface area contributed by atoms with Crippen LogP contribution in [0.4, 0.5) is 0 Å². The lowest BCUT2D eigenvalue weighted by Crippen LogP contribution is -2.06. The summed E-state index contributed by atoms with van der Waals surface area (Å²) in [5.41, 5.74) is 3.71. The van der Waals surface area contributed by atoms with E-state index in [2.05, 4.69) is 27.3 Å². The summed E-state index contributed by atoms with van der Waals surface area (Å²) < 4.78 is 4.88. The molecule has 0 saturated carbocycles. The molecule has 5 heteroatoms. The van der Waals surface area contributed by atoms with Gasteiger partial charge in [-0.15, -0.1) is 0 Å². The number of benzene rings is 1. The smallest absolute Gasteiger partial charge is 0.375 e. The Balaban J connectivity index is 1.88. The van der Waals surface area contributed by atoms with E-state index in [1.165, 1.54) is 17.5 Å². The van der Waals surface area contributed by atoms with Crippen molar-refractivity contribution >= 4 is 5.97 Å². The van der Waals surface area contributed by atoms with E-state index in [1.54, 1.807) is 6.92 Å². The van der Waals surface area contributed by atoms with Gasteiger partial charge >= 0.3 is 5.97 Å². The highest BCUT2D eigenvalue weighted by molar-refractivity contribution is 5.85. The SMILES string of the molecule is CCOC(=O)c1nc(-c2ccc3c(c2)CCC3)n[nH]1. The van der Waals surface area contributed by atoms with Crippen molar-refractivity contribution in [1.82, 2.24) is 15.2 Å². The van der Waals surface area contributed by atoms with Crippen LogP contribution in [0.15, 0.2) is 18.2 Å². The zero-order chi connectivity index (χ0) is 13.2. The number of fused-ring (bicyclic) bond motifs is 1. The molecule has 1 aromatic heterocycles. The number of aromatic amines is 1. The van der Waals surface area contributed by atoms with Crippen LogP contribution in [0, 0.1) is 0 Å². The van der Waals surface area contributed by atoms with E-state index in [-0.39, 0.29) is 5.82 Å². The molecule has 5 nitrogen and oxygen atoms in total. The molecule has 1 aliphatic rings. The third kappa shape index (κ3) is 2.23. The number of rotatable bonds is 3. The summed E-state index contributed by atoms with van der Waals surface area (Å²) in [6, 6.07) is 6.24. The molecule has 0 aliphatic heterocycles. The molecule has 0 atom stereocenters. The largest absolute Gasteiger partial charge is 0.460 e. The molecule has 0 radical (unpaired) electrons. The summed E-state index contributed by atoms with van der Waals surface area (Å²) in [6.45, 7) is 2.09. The monoisotopic (exact) mass is 257 g/mol. The molecule has 0 spiro atoms. The lowest BCUT2D eigenvalue weighted by Gasteiger charge is -2.00. The molecular formula is C14H15N3O2. The van der Waals surface area contributed by atoms with Gasteiger partial charge in [-0.05, 0) is 43.4 Å². The predicted octanol–water partition coefficient (Wildman–Crippen LogP) is 2.14. The number of nitrogens with one attached hydrogen (secondary N) is 1. The van der Waals surface area contributed by atoms with E-state index < -0.39 is 5.97 Å².